The molecule has 0 aliphatic heterocycles. The van der Waals surface area contributed by atoms with Crippen LogP contribution in [-0.2, 0) is 9.47 Å². The third-order valence-electron chi connectivity index (χ3n) is 1.87. The number of nitrogens with zero attached hydrogens (tertiary/aromatic N) is 2. The van der Waals surface area contributed by atoms with Crippen molar-refractivity contribution in [2.45, 2.75) is 13.8 Å². The first-order valence-corrected chi connectivity index (χ1v) is 5.16. The van der Waals surface area contributed by atoms with E-state index in [1.54, 1.807) is 12.1 Å². The molecule has 4 nitrogen and oxygen atoms in total. The van der Waals surface area contributed by atoms with Crippen molar-refractivity contribution in [3.63, 3.8) is 0 Å². The van der Waals surface area contributed by atoms with E-state index in [9.17, 15) is 0 Å². The Bertz CT molecular complexity index is 334. The molecule has 0 saturated carbocycles. The summed E-state index contributed by atoms with van der Waals surface area (Å²) in [5.41, 5.74) is 1.24. The van der Waals surface area contributed by atoms with E-state index in [1.165, 1.54) is 0 Å². The molecule has 0 spiro atoms. The summed E-state index contributed by atoms with van der Waals surface area (Å²) in [5, 5.41) is 7.97. The van der Waals surface area contributed by atoms with Gasteiger partial charge in [-0.05, 0) is 26.0 Å². The van der Waals surface area contributed by atoms with Crippen LogP contribution in [0.4, 0.5) is 0 Å². The van der Waals surface area contributed by atoms with Crippen LogP contribution in [0.5, 0.6) is 0 Å². The minimum absolute atomic E-state index is 0.517. The SMILES string of the molecule is C=C(OCC)c1ccc(C(=C)OCC)nn1. The first-order valence-electron chi connectivity index (χ1n) is 5.16. The number of hydrogen-bond acceptors (Lipinski definition) is 4. The number of ether oxygens (including phenoxy) is 2. The molecule has 1 heterocycles. The third-order valence-corrected chi connectivity index (χ3v) is 1.87. The van der Waals surface area contributed by atoms with Crippen LogP contribution >= 0.6 is 0 Å². The average Bonchev–Trinajstić information content (AvgIpc) is 2.30. The first-order chi connectivity index (χ1) is 7.69. The largest absolute Gasteiger partial charge is 0.492 e. The maximum atomic E-state index is 5.23. The Kier molecular flexibility index (Phi) is 4.51. The number of rotatable bonds is 6. The summed E-state index contributed by atoms with van der Waals surface area (Å²) in [7, 11) is 0. The minimum Gasteiger partial charge on any atom is -0.492 e. The van der Waals surface area contributed by atoms with Crippen LogP contribution in [-0.4, -0.2) is 23.4 Å². The molecule has 0 aliphatic carbocycles. The van der Waals surface area contributed by atoms with Gasteiger partial charge in [0.15, 0.2) is 0 Å². The number of hydrogen-bond donors (Lipinski definition) is 0. The molecule has 1 aromatic heterocycles. The lowest BCUT2D eigenvalue weighted by atomic mass is 10.3. The van der Waals surface area contributed by atoms with Crippen LogP contribution in [0.3, 0.4) is 0 Å². The standard InChI is InChI=1S/C12H16N2O2/c1-5-15-9(3)11-7-8-12(14-13-11)10(4)16-6-2/h7-8H,3-6H2,1-2H3. The zero-order chi connectivity index (χ0) is 12.0. The van der Waals surface area contributed by atoms with Crippen LogP contribution in [0.2, 0.25) is 0 Å². The van der Waals surface area contributed by atoms with Gasteiger partial charge in [0.1, 0.15) is 22.9 Å². The topological polar surface area (TPSA) is 44.2 Å². The highest BCUT2D eigenvalue weighted by Gasteiger charge is 2.05. The molecule has 86 valence electrons. The molecule has 0 fully saturated rings. The summed E-state index contributed by atoms with van der Waals surface area (Å²) in [6.07, 6.45) is 0. The predicted molar refractivity (Wildman–Crippen MR) is 63.4 cm³/mol. The molecule has 1 aromatic rings. The Morgan fingerprint density at radius 3 is 1.62 bits per heavy atom. The van der Waals surface area contributed by atoms with Gasteiger partial charge in [-0.2, -0.15) is 0 Å². The molecule has 4 heteroatoms. The monoisotopic (exact) mass is 220 g/mol. The molecule has 0 radical (unpaired) electrons. The van der Waals surface area contributed by atoms with Gasteiger partial charge < -0.3 is 9.47 Å². The van der Waals surface area contributed by atoms with Gasteiger partial charge in [-0.3, -0.25) is 0 Å². The number of aromatic nitrogens is 2. The molecule has 0 aliphatic rings. The van der Waals surface area contributed by atoms with Gasteiger partial charge in [-0.25, -0.2) is 0 Å². The van der Waals surface area contributed by atoms with Crippen molar-refractivity contribution in [1.29, 1.82) is 0 Å². The van der Waals surface area contributed by atoms with Crippen molar-refractivity contribution in [2.75, 3.05) is 13.2 Å². The second-order valence-electron chi connectivity index (χ2n) is 3.02. The van der Waals surface area contributed by atoms with Crippen molar-refractivity contribution in [3.8, 4) is 0 Å². The third kappa shape index (κ3) is 3.08. The Labute approximate surface area is 95.6 Å². The first kappa shape index (κ1) is 12.2. The average molecular weight is 220 g/mol. The van der Waals surface area contributed by atoms with Crippen molar-refractivity contribution in [3.05, 3.63) is 36.7 Å². The summed E-state index contributed by atoms with van der Waals surface area (Å²) in [6.45, 7) is 12.4. The second-order valence-corrected chi connectivity index (χ2v) is 3.02. The van der Waals surface area contributed by atoms with E-state index in [0.717, 1.165) is 0 Å². The van der Waals surface area contributed by atoms with Crippen molar-refractivity contribution < 1.29 is 9.47 Å². The van der Waals surface area contributed by atoms with E-state index in [2.05, 4.69) is 23.4 Å². The summed E-state index contributed by atoms with van der Waals surface area (Å²) in [5.74, 6) is 1.03. The van der Waals surface area contributed by atoms with Gasteiger partial charge >= 0.3 is 0 Å². The van der Waals surface area contributed by atoms with Gasteiger partial charge in [0.05, 0.1) is 13.2 Å². The minimum atomic E-state index is 0.517. The van der Waals surface area contributed by atoms with Crippen LogP contribution in [0, 0.1) is 0 Å². The molecular weight excluding hydrogens is 204 g/mol. The highest BCUT2D eigenvalue weighted by Crippen LogP contribution is 2.13. The molecule has 0 atom stereocenters. The normalized spacial score (nSPS) is 9.62. The quantitative estimate of drug-likeness (QED) is 0.691. The van der Waals surface area contributed by atoms with E-state index in [1.807, 2.05) is 13.8 Å². The van der Waals surface area contributed by atoms with Crippen molar-refractivity contribution in [2.24, 2.45) is 0 Å². The fourth-order valence-corrected chi connectivity index (χ4v) is 1.13. The van der Waals surface area contributed by atoms with Gasteiger partial charge in [0.25, 0.3) is 0 Å². The zero-order valence-corrected chi connectivity index (χ0v) is 9.69. The van der Waals surface area contributed by atoms with Gasteiger partial charge in [0.2, 0.25) is 0 Å². The maximum absolute atomic E-state index is 5.23. The molecule has 1 rings (SSSR count). The van der Waals surface area contributed by atoms with Gasteiger partial charge in [-0.1, -0.05) is 13.2 Å². The molecule has 0 bridgehead atoms. The second kappa shape index (κ2) is 5.90. The maximum Gasteiger partial charge on any atom is 0.139 e. The summed E-state index contributed by atoms with van der Waals surface area (Å²) < 4.78 is 10.5. The Balaban J connectivity index is 2.75. The Morgan fingerprint density at radius 2 is 1.38 bits per heavy atom. The lowest BCUT2D eigenvalue weighted by Crippen LogP contribution is -1.99. The fourth-order valence-electron chi connectivity index (χ4n) is 1.13. The summed E-state index contributed by atoms with van der Waals surface area (Å²) >= 11 is 0. The lowest BCUT2D eigenvalue weighted by molar-refractivity contribution is 0.295. The Hall–Kier alpha value is -1.84. The van der Waals surface area contributed by atoms with Crippen LogP contribution in [0.15, 0.2) is 25.3 Å². The van der Waals surface area contributed by atoms with Crippen LogP contribution < -0.4 is 0 Å². The highest BCUT2D eigenvalue weighted by molar-refractivity contribution is 5.57. The summed E-state index contributed by atoms with van der Waals surface area (Å²) in [4.78, 5) is 0. The summed E-state index contributed by atoms with van der Waals surface area (Å²) in [6, 6.07) is 3.56. The molecular formula is C12H16N2O2. The zero-order valence-electron chi connectivity index (χ0n) is 9.69. The van der Waals surface area contributed by atoms with E-state index >= 15 is 0 Å². The molecule has 0 amide bonds. The molecule has 0 N–H and O–H groups in total. The molecule has 16 heavy (non-hydrogen) atoms. The van der Waals surface area contributed by atoms with E-state index in [0.29, 0.717) is 36.1 Å². The van der Waals surface area contributed by atoms with Gasteiger partial charge in [0, 0.05) is 0 Å². The van der Waals surface area contributed by atoms with Gasteiger partial charge in [-0.15, -0.1) is 10.2 Å². The lowest BCUT2D eigenvalue weighted by Gasteiger charge is -2.07. The van der Waals surface area contributed by atoms with Crippen LogP contribution in [0.1, 0.15) is 25.2 Å². The van der Waals surface area contributed by atoms with Crippen LogP contribution in [0.25, 0.3) is 11.5 Å². The van der Waals surface area contributed by atoms with E-state index < -0.39 is 0 Å². The smallest absolute Gasteiger partial charge is 0.139 e. The van der Waals surface area contributed by atoms with Crippen molar-refractivity contribution >= 4 is 11.5 Å². The molecule has 0 aromatic carbocycles. The highest BCUT2D eigenvalue weighted by atomic mass is 16.5. The van der Waals surface area contributed by atoms with E-state index in [4.69, 9.17) is 9.47 Å². The van der Waals surface area contributed by atoms with E-state index in [-0.39, 0.29) is 0 Å². The fraction of sp³-hybridized carbons (Fsp3) is 0.333. The molecule has 0 saturated heterocycles. The predicted octanol–water partition coefficient (Wildman–Crippen LogP) is 2.49. The van der Waals surface area contributed by atoms with Crippen molar-refractivity contribution in [1.82, 2.24) is 10.2 Å². The Morgan fingerprint density at radius 1 is 1.00 bits per heavy atom. The molecule has 0 unspecified atom stereocenters.